The normalized spacial score (nSPS) is 13.6. The summed E-state index contributed by atoms with van der Waals surface area (Å²) in [4.78, 5) is 62.9. The van der Waals surface area contributed by atoms with E-state index in [9.17, 15) is 24.0 Å². The van der Waals surface area contributed by atoms with E-state index in [1.165, 1.54) is 11.4 Å². The van der Waals surface area contributed by atoms with Crippen LogP contribution in [0.25, 0.3) is 16.5 Å². The van der Waals surface area contributed by atoms with Crippen molar-refractivity contribution in [3.05, 3.63) is 50.7 Å². The Morgan fingerprint density at radius 3 is 2.61 bits per heavy atom. The van der Waals surface area contributed by atoms with E-state index in [2.05, 4.69) is 10.4 Å². The van der Waals surface area contributed by atoms with E-state index >= 15 is 0 Å². The number of halogens is 1. The number of thiophene rings is 1. The molecule has 0 bridgehead atoms. The second-order valence-electron chi connectivity index (χ2n) is 7.04. The Kier molecular flexibility index (Phi) is 6.25. The number of likely N-dealkylation sites (tertiary alicyclic amines) is 1. The summed E-state index contributed by atoms with van der Waals surface area (Å²) in [5, 5.41) is 9.06. The van der Waals surface area contributed by atoms with Crippen LogP contribution in [0.4, 0.5) is 5.00 Å². The number of carbonyl (C=O) groups is 4. The fraction of sp³-hybridized carbons (Fsp3) is 0.238. The molecule has 1 aromatic carbocycles. The Morgan fingerprint density at radius 2 is 1.94 bits per heavy atom. The number of fused-ring (bicyclic) bond motifs is 1. The maximum Gasteiger partial charge on any atom is 0.359 e. The number of carbonyl (C=O) groups excluding carboxylic acids is 4. The highest BCUT2D eigenvalue weighted by atomic mass is 35.5. The summed E-state index contributed by atoms with van der Waals surface area (Å²) < 4.78 is 6.10. The molecule has 4 rings (SSSR count). The summed E-state index contributed by atoms with van der Waals surface area (Å²) in [5.41, 5.74) is -0.380. The van der Waals surface area contributed by atoms with Gasteiger partial charge in [-0.05, 0) is 25.1 Å². The number of esters is 1. The molecule has 170 valence electrons. The van der Waals surface area contributed by atoms with Gasteiger partial charge in [0, 0.05) is 28.6 Å². The molecule has 0 atom stereocenters. The quantitative estimate of drug-likeness (QED) is 0.416. The predicted octanol–water partition coefficient (Wildman–Crippen LogP) is 2.36. The Morgan fingerprint density at radius 1 is 1.21 bits per heavy atom. The summed E-state index contributed by atoms with van der Waals surface area (Å²) in [6.07, 6.45) is 0.125. The summed E-state index contributed by atoms with van der Waals surface area (Å²) in [6, 6.07) is 6.35. The number of nitrogens with zero attached hydrogens (tertiary/aromatic N) is 3. The molecule has 1 fully saturated rings. The standard InChI is InChI=1S/C21H17ClN4O6S/c1-2-32-21(31)18-13-10-33-19(23-14(27)9-25-15(28)6-7-16(25)29)17(13)20(30)26(24-18)12-5-3-4-11(22)8-12/h3-5,8,10H,2,6-7,9H2,1H3,(H,23,27). The van der Waals surface area contributed by atoms with Crippen LogP contribution in [0.15, 0.2) is 34.4 Å². The molecule has 0 saturated carbocycles. The minimum Gasteiger partial charge on any atom is -0.461 e. The molecule has 1 saturated heterocycles. The van der Waals surface area contributed by atoms with Gasteiger partial charge in [-0.1, -0.05) is 17.7 Å². The molecule has 2 aromatic heterocycles. The zero-order valence-electron chi connectivity index (χ0n) is 17.3. The highest BCUT2D eigenvalue weighted by molar-refractivity contribution is 7.16. The van der Waals surface area contributed by atoms with Gasteiger partial charge in [-0.3, -0.25) is 24.1 Å². The maximum atomic E-state index is 13.3. The molecule has 0 spiro atoms. The van der Waals surface area contributed by atoms with E-state index in [4.69, 9.17) is 16.3 Å². The van der Waals surface area contributed by atoms with Gasteiger partial charge < -0.3 is 10.1 Å². The Labute approximate surface area is 195 Å². The fourth-order valence-corrected chi connectivity index (χ4v) is 4.52. The topological polar surface area (TPSA) is 128 Å². The first kappa shape index (κ1) is 22.6. The van der Waals surface area contributed by atoms with Crippen molar-refractivity contribution in [2.45, 2.75) is 19.8 Å². The molecule has 0 unspecified atom stereocenters. The molecule has 0 radical (unpaired) electrons. The molecule has 33 heavy (non-hydrogen) atoms. The number of rotatable bonds is 6. The first-order valence-electron chi connectivity index (χ1n) is 9.90. The van der Waals surface area contributed by atoms with Crippen molar-refractivity contribution in [2.24, 2.45) is 0 Å². The lowest BCUT2D eigenvalue weighted by molar-refractivity contribution is -0.141. The molecule has 0 aliphatic carbocycles. The third-order valence-electron chi connectivity index (χ3n) is 4.88. The van der Waals surface area contributed by atoms with E-state index < -0.39 is 35.8 Å². The van der Waals surface area contributed by atoms with Gasteiger partial charge in [0.15, 0.2) is 5.69 Å². The lowest BCUT2D eigenvalue weighted by Gasteiger charge is -2.13. The van der Waals surface area contributed by atoms with Gasteiger partial charge in [-0.2, -0.15) is 9.78 Å². The SMILES string of the molecule is CCOC(=O)c1nn(-c2cccc(Cl)c2)c(=O)c2c(NC(=O)CN3C(=O)CCC3=O)scc12. The lowest BCUT2D eigenvalue weighted by atomic mass is 10.2. The highest BCUT2D eigenvalue weighted by Crippen LogP contribution is 2.31. The largest absolute Gasteiger partial charge is 0.461 e. The summed E-state index contributed by atoms with van der Waals surface area (Å²) >= 11 is 7.07. The Bertz CT molecular complexity index is 1350. The average Bonchev–Trinajstić information content (AvgIpc) is 3.33. The van der Waals surface area contributed by atoms with Crippen LogP contribution in [-0.2, 0) is 19.1 Å². The first-order valence-corrected chi connectivity index (χ1v) is 11.2. The third-order valence-corrected chi connectivity index (χ3v) is 6.01. The van der Waals surface area contributed by atoms with E-state index in [1.54, 1.807) is 25.1 Å². The molecular weight excluding hydrogens is 472 g/mol. The second kappa shape index (κ2) is 9.12. The number of amides is 3. The first-order chi connectivity index (χ1) is 15.8. The number of hydrogen-bond acceptors (Lipinski definition) is 8. The van der Waals surface area contributed by atoms with E-state index in [0.717, 1.165) is 20.9 Å². The van der Waals surface area contributed by atoms with Crippen LogP contribution in [0, 0.1) is 0 Å². The molecule has 10 nitrogen and oxygen atoms in total. The van der Waals surface area contributed by atoms with Crippen molar-refractivity contribution >= 4 is 62.4 Å². The fourth-order valence-electron chi connectivity index (χ4n) is 3.38. The Balaban J connectivity index is 1.79. The lowest BCUT2D eigenvalue weighted by Crippen LogP contribution is -2.37. The highest BCUT2D eigenvalue weighted by Gasteiger charge is 2.31. The van der Waals surface area contributed by atoms with E-state index in [1.807, 2.05) is 0 Å². The zero-order chi connectivity index (χ0) is 23.7. The molecule has 3 aromatic rings. The molecule has 1 aliphatic rings. The number of ether oxygens (including phenoxy) is 1. The van der Waals surface area contributed by atoms with Crippen LogP contribution in [0.3, 0.4) is 0 Å². The van der Waals surface area contributed by atoms with Crippen LogP contribution in [-0.4, -0.2) is 51.5 Å². The molecule has 12 heteroatoms. The van der Waals surface area contributed by atoms with Crippen LogP contribution < -0.4 is 10.9 Å². The second-order valence-corrected chi connectivity index (χ2v) is 8.36. The van der Waals surface area contributed by atoms with Crippen molar-refractivity contribution < 1.29 is 23.9 Å². The van der Waals surface area contributed by atoms with Crippen LogP contribution >= 0.6 is 22.9 Å². The third kappa shape index (κ3) is 4.37. The number of imide groups is 1. The maximum absolute atomic E-state index is 13.3. The number of anilines is 1. The smallest absolute Gasteiger partial charge is 0.359 e. The van der Waals surface area contributed by atoms with Crippen molar-refractivity contribution in [3.63, 3.8) is 0 Å². The van der Waals surface area contributed by atoms with Gasteiger partial charge in [0.05, 0.1) is 17.7 Å². The van der Waals surface area contributed by atoms with Gasteiger partial charge >= 0.3 is 5.97 Å². The van der Waals surface area contributed by atoms with Crippen LogP contribution in [0.2, 0.25) is 5.02 Å². The molecule has 1 aliphatic heterocycles. The summed E-state index contributed by atoms with van der Waals surface area (Å²) in [5.74, 6) is -2.24. The van der Waals surface area contributed by atoms with E-state index in [-0.39, 0.29) is 40.9 Å². The zero-order valence-corrected chi connectivity index (χ0v) is 18.9. The number of hydrogen-bond donors (Lipinski definition) is 1. The molecule has 3 amide bonds. The van der Waals surface area contributed by atoms with E-state index in [0.29, 0.717) is 10.7 Å². The minimum absolute atomic E-state index is 0.0467. The van der Waals surface area contributed by atoms with Crippen molar-refractivity contribution in [3.8, 4) is 5.69 Å². The number of aromatic nitrogens is 2. The number of benzene rings is 1. The van der Waals surface area contributed by atoms with Gasteiger partial charge in [0.25, 0.3) is 5.56 Å². The molecule has 3 heterocycles. The summed E-state index contributed by atoms with van der Waals surface area (Å²) in [6.45, 7) is 1.28. The predicted molar refractivity (Wildman–Crippen MR) is 121 cm³/mol. The van der Waals surface area contributed by atoms with Crippen molar-refractivity contribution in [1.82, 2.24) is 14.7 Å². The molecule has 1 N–H and O–H groups in total. The Hall–Kier alpha value is -3.57. The number of nitrogens with one attached hydrogen (secondary N) is 1. The van der Waals surface area contributed by atoms with Gasteiger partial charge in [-0.15, -0.1) is 11.3 Å². The summed E-state index contributed by atoms with van der Waals surface area (Å²) in [7, 11) is 0. The monoisotopic (exact) mass is 488 g/mol. The van der Waals surface area contributed by atoms with Gasteiger partial charge in [0.2, 0.25) is 17.7 Å². The molecular formula is C21H17ClN4O6S. The van der Waals surface area contributed by atoms with Gasteiger partial charge in [-0.25, -0.2) is 4.79 Å². The van der Waals surface area contributed by atoms with Crippen molar-refractivity contribution in [1.29, 1.82) is 0 Å². The minimum atomic E-state index is -0.734. The van der Waals surface area contributed by atoms with Crippen LogP contribution in [0.1, 0.15) is 30.3 Å². The van der Waals surface area contributed by atoms with Crippen LogP contribution in [0.5, 0.6) is 0 Å². The average molecular weight is 489 g/mol. The van der Waals surface area contributed by atoms with Gasteiger partial charge in [0.1, 0.15) is 11.5 Å². The van der Waals surface area contributed by atoms with Crippen molar-refractivity contribution in [2.75, 3.05) is 18.5 Å².